The Labute approximate surface area is 131 Å². The Balaban J connectivity index is 0.00000180. The number of hydrogen-bond donors (Lipinski definition) is 1. The van der Waals surface area contributed by atoms with Crippen molar-refractivity contribution in [2.75, 3.05) is 0 Å². The monoisotopic (exact) mass is 348 g/mol. The number of rotatable bonds is 3. The Morgan fingerprint density at radius 3 is 2.47 bits per heavy atom. The van der Waals surface area contributed by atoms with E-state index in [2.05, 4.69) is 12.2 Å². The number of halogens is 1. The molecule has 1 saturated heterocycles. The van der Waals surface area contributed by atoms with E-state index in [1.807, 2.05) is 0 Å². The van der Waals surface area contributed by atoms with Crippen LogP contribution in [-0.2, 0) is 4.79 Å². The number of amides is 1. The van der Waals surface area contributed by atoms with Crippen molar-refractivity contribution in [3.8, 4) is 0 Å². The third-order valence-corrected chi connectivity index (χ3v) is 4.87. The van der Waals surface area contributed by atoms with Crippen LogP contribution in [0, 0.1) is 0 Å². The average molecular weight is 349 g/mol. The van der Waals surface area contributed by atoms with Gasteiger partial charge in [-0.05, 0) is 19.3 Å². The van der Waals surface area contributed by atoms with Gasteiger partial charge in [0.25, 0.3) is 0 Å². The summed E-state index contributed by atoms with van der Waals surface area (Å²) in [4.78, 5) is 16.5. The molecule has 1 saturated carbocycles. The van der Waals surface area contributed by atoms with Gasteiger partial charge in [0.2, 0.25) is 5.91 Å². The summed E-state index contributed by atoms with van der Waals surface area (Å²) in [6, 6.07) is 0.438. The summed E-state index contributed by atoms with van der Waals surface area (Å²) in [5.74, 6) is 0.159. The first kappa shape index (κ1) is 17.0. The third kappa shape index (κ3) is 5.46. The second-order valence-corrected chi connectivity index (χ2v) is 6.51. The number of carbonyl (C=O) groups excluding carboxylic acids is 1. The molecule has 2 fully saturated rings. The molecule has 1 amide bonds. The maximum absolute atomic E-state index is 11.7. The van der Waals surface area contributed by atoms with Crippen LogP contribution in [0.1, 0.15) is 64.7 Å². The van der Waals surface area contributed by atoms with Crippen LogP contribution in [0.15, 0.2) is 4.99 Å². The fraction of sp³-hybridized carbons (Fsp3) is 0.857. The summed E-state index contributed by atoms with van der Waals surface area (Å²) in [7, 11) is 0. The summed E-state index contributed by atoms with van der Waals surface area (Å²) >= 11 is 1.64. The molecular formula is C14H25BrN2OS. The molecule has 0 bridgehead atoms. The molecule has 1 heterocycles. The van der Waals surface area contributed by atoms with E-state index in [0.29, 0.717) is 6.04 Å². The van der Waals surface area contributed by atoms with Crippen LogP contribution in [0.25, 0.3) is 0 Å². The van der Waals surface area contributed by atoms with Crippen LogP contribution in [0.2, 0.25) is 0 Å². The summed E-state index contributed by atoms with van der Waals surface area (Å²) in [6.07, 6.45) is 11.1. The van der Waals surface area contributed by atoms with Gasteiger partial charge in [-0.25, -0.2) is 0 Å². The van der Waals surface area contributed by atoms with Crippen LogP contribution < -0.4 is 5.32 Å². The molecule has 1 aliphatic heterocycles. The Hall–Kier alpha value is -0.0300. The number of thioether (sulfide) groups is 1. The first-order valence-corrected chi connectivity index (χ1v) is 8.23. The van der Waals surface area contributed by atoms with Gasteiger partial charge in [-0.3, -0.25) is 9.79 Å². The van der Waals surface area contributed by atoms with Crippen LogP contribution in [0.3, 0.4) is 0 Å². The van der Waals surface area contributed by atoms with Crippen molar-refractivity contribution in [2.45, 2.75) is 76.0 Å². The molecular weight excluding hydrogens is 324 g/mol. The minimum Gasteiger partial charge on any atom is -0.304 e. The minimum absolute atomic E-state index is 0. The van der Waals surface area contributed by atoms with Crippen LogP contribution in [0.5, 0.6) is 0 Å². The number of amidine groups is 1. The zero-order chi connectivity index (χ0) is 12.8. The molecule has 2 aliphatic rings. The predicted octanol–water partition coefficient (Wildman–Crippen LogP) is 4.06. The lowest BCUT2D eigenvalue weighted by Gasteiger charge is -2.16. The second-order valence-electron chi connectivity index (χ2n) is 5.32. The molecule has 1 atom stereocenters. The van der Waals surface area contributed by atoms with Gasteiger partial charge in [0.15, 0.2) is 5.17 Å². The number of hydrogen-bond acceptors (Lipinski definition) is 3. The molecule has 0 aromatic rings. The third-order valence-electron chi connectivity index (χ3n) is 3.70. The quantitative estimate of drug-likeness (QED) is 0.835. The maximum Gasteiger partial charge on any atom is 0.239 e. The van der Waals surface area contributed by atoms with Crippen molar-refractivity contribution >= 4 is 39.8 Å². The number of nitrogens with one attached hydrogen (secondary N) is 1. The molecule has 1 aliphatic carbocycles. The summed E-state index contributed by atoms with van der Waals surface area (Å²) < 4.78 is 0. The molecule has 0 aromatic carbocycles. The van der Waals surface area contributed by atoms with Crippen molar-refractivity contribution in [3.63, 3.8) is 0 Å². The van der Waals surface area contributed by atoms with Gasteiger partial charge in [0.1, 0.15) is 0 Å². The molecule has 19 heavy (non-hydrogen) atoms. The van der Waals surface area contributed by atoms with Crippen molar-refractivity contribution in [1.82, 2.24) is 5.32 Å². The highest BCUT2D eigenvalue weighted by Gasteiger charge is 2.29. The molecule has 3 nitrogen and oxygen atoms in total. The molecule has 2 rings (SSSR count). The molecule has 5 heteroatoms. The highest BCUT2D eigenvalue weighted by molar-refractivity contribution is 8.93. The number of nitrogens with zero attached hydrogens (tertiary/aromatic N) is 1. The fourth-order valence-electron chi connectivity index (χ4n) is 2.65. The van der Waals surface area contributed by atoms with E-state index < -0.39 is 0 Å². The van der Waals surface area contributed by atoms with Crippen LogP contribution in [0.4, 0.5) is 0 Å². The first-order valence-electron chi connectivity index (χ1n) is 7.35. The van der Waals surface area contributed by atoms with Crippen LogP contribution in [-0.4, -0.2) is 22.4 Å². The van der Waals surface area contributed by atoms with E-state index in [4.69, 9.17) is 4.99 Å². The Morgan fingerprint density at radius 1 is 1.21 bits per heavy atom. The lowest BCUT2D eigenvalue weighted by Crippen LogP contribution is -2.25. The fourth-order valence-corrected chi connectivity index (χ4v) is 3.81. The predicted molar refractivity (Wildman–Crippen MR) is 88.3 cm³/mol. The largest absolute Gasteiger partial charge is 0.304 e. The number of aliphatic imine (C=N–C) groups is 1. The van der Waals surface area contributed by atoms with Gasteiger partial charge in [-0.1, -0.05) is 57.2 Å². The summed E-state index contributed by atoms with van der Waals surface area (Å²) in [6.45, 7) is 2.12. The summed E-state index contributed by atoms with van der Waals surface area (Å²) in [5.41, 5.74) is 0. The zero-order valence-electron chi connectivity index (χ0n) is 11.7. The molecule has 0 spiro atoms. The van der Waals surface area contributed by atoms with E-state index in [9.17, 15) is 4.79 Å². The minimum atomic E-state index is 0. The number of carbonyl (C=O) groups is 1. The maximum atomic E-state index is 11.7. The molecule has 110 valence electrons. The van der Waals surface area contributed by atoms with Crippen molar-refractivity contribution in [1.29, 1.82) is 0 Å². The molecule has 0 aromatic heterocycles. The van der Waals surface area contributed by atoms with Gasteiger partial charge in [0, 0.05) is 0 Å². The second kappa shape index (κ2) is 9.01. The first-order chi connectivity index (χ1) is 8.79. The van der Waals surface area contributed by atoms with E-state index in [1.54, 1.807) is 11.8 Å². The van der Waals surface area contributed by atoms with Gasteiger partial charge >= 0.3 is 0 Å². The Kier molecular flexibility index (Phi) is 8.07. The van der Waals surface area contributed by atoms with Crippen molar-refractivity contribution in [3.05, 3.63) is 0 Å². The highest BCUT2D eigenvalue weighted by Crippen LogP contribution is 2.26. The van der Waals surface area contributed by atoms with Gasteiger partial charge in [-0.2, -0.15) is 0 Å². The topological polar surface area (TPSA) is 41.5 Å². The average Bonchev–Trinajstić information content (AvgIpc) is 2.64. The van der Waals surface area contributed by atoms with Crippen molar-refractivity contribution < 1.29 is 4.79 Å². The lowest BCUT2D eigenvalue weighted by molar-refractivity contribution is -0.118. The highest BCUT2D eigenvalue weighted by atomic mass is 79.9. The van der Waals surface area contributed by atoms with Gasteiger partial charge < -0.3 is 5.32 Å². The van der Waals surface area contributed by atoms with E-state index >= 15 is 0 Å². The van der Waals surface area contributed by atoms with E-state index in [0.717, 1.165) is 18.0 Å². The smallest absolute Gasteiger partial charge is 0.239 e. The SMILES string of the molecule is Br.CCCC1SC(=NC2CCCCCCC2)NC1=O. The van der Waals surface area contributed by atoms with Crippen LogP contribution >= 0.6 is 28.7 Å². The van der Waals surface area contributed by atoms with E-state index in [1.165, 1.54) is 44.9 Å². The summed E-state index contributed by atoms with van der Waals surface area (Å²) in [5, 5.41) is 3.92. The van der Waals surface area contributed by atoms with E-state index in [-0.39, 0.29) is 28.1 Å². The lowest BCUT2D eigenvalue weighted by atomic mass is 9.97. The normalized spacial score (nSPS) is 27.5. The molecule has 1 unspecified atom stereocenters. The Bertz CT molecular complexity index is 315. The zero-order valence-corrected chi connectivity index (χ0v) is 14.2. The Morgan fingerprint density at radius 2 is 1.84 bits per heavy atom. The van der Waals surface area contributed by atoms with Gasteiger partial charge in [0.05, 0.1) is 11.3 Å². The molecule has 0 radical (unpaired) electrons. The van der Waals surface area contributed by atoms with Gasteiger partial charge in [-0.15, -0.1) is 17.0 Å². The molecule has 1 N–H and O–H groups in total. The standard InChI is InChI=1S/C14H24N2OS.BrH/c1-2-8-12-13(17)16-14(18-12)15-11-9-6-4-3-5-7-10-11;/h11-12H,2-10H2,1H3,(H,15,16,17);1H. The van der Waals surface area contributed by atoms with Crippen molar-refractivity contribution in [2.24, 2.45) is 4.99 Å².